The number of piperazine rings is 1. The first-order valence-corrected chi connectivity index (χ1v) is 9.72. The first kappa shape index (κ1) is 19.3. The van der Waals surface area contributed by atoms with Crippen LogP contribution in [0.25, 0.3) is 0 Å². The summed E-state index contributed by atoms with van der Waals surface area (Å²) in [6.45, 7) is 3.82. The summed E-state index contributed by atoms with van der Waals surface area (Å²) in [7, 11) is 1.63. The van der Waals surface area contributed by atoms with Crippen molar-refractivity contribution >= 4 is 11.9 Å². The number of carbonyl (C=O) groups is 2. The van der Waals surface area contributed by atoms with Gasteiger partial charge in [0, 0.05) is 25.7 Å². The quantitative estimate of drug-likeness (QED) is 0.810. The van der Waals surface area contributed by atoms with Crippen molar-refractivity contribution in [1.82, 2.24) is 15.1 Å². The predicted octanol–water partition coefficient (Wildman–Crippen LogP) is 2.94. The van der Waals surface area contributed by atoms with Crippen molar-refractivity contribution in [3.05, 3.63) is 41.5 Å². The highest BCUT2D eigenvalue weighted by Crippen LogP contribution is 2.20. The number of amides is 3. The van der Waals surface area contributed by atoms with E-state index in [1.165, 1.54) is 18.4 Å². The van der Waals surface area contributed by atoms with Crippen LogP contribution in [0.3, 0.4) is 0 Å². The summed E-state index contributed by atoms with van der Waals surface area (Å²) in [4.78, 5) is 28.4. The number of nitrogens with one attached hydrogen (secondary N) is 1. The lowest BCUT2D eigenvalue weighted by Gasteiger charge is -2.35. The third-order valence-corrected chi connectivity index (χ3v) is 5.36. The average Bonchev–Trinajstić information content (AvgIpc) is 2.70. The Kier molecular flexibility index (Phi) is 6.37. The molecular formula is C21H29N3O3. The smallest absolute Gasteiger partial charge is 0.318 e. The summed E-state index contributed by atoms with van der Waals surface area (Å²) in [6.07, 6.45) is 6.81. The number of nitrogens with zero attached hydrogens (tertiary/aromatic N) is 2. The van der Waals surface area contributed by atoms with E-state index in [2.05, 4.69) is 11.4 Å². The second-order valence-electron chi connectivity index (χ2n) is 7.28. The fourth-order valence-electron chi connectivity index (χ4n) is 3.63. The maximum atomic E-state index is 12.5. The summed E-state index contributed by atoms with van der Waals surface area (Å²) in [5.74, 6) is 0.783. The predicted molar refractivity (Wildman–Crippen MR) is 105 cm³/mol. The van der Waals surface area contributed by atoms with Crippen LogP contribution in [0.4, 0.5) is 4.79 Å². The Morgan fingerprint density at radius 2 is 2.00 bits per heavy atom. The molecule has 1 saturated heterocycles. The van der Waals surface area contributed by atoms with Crippen LogP contribution in [0.5, 0.6) is 5.75 Å². The van der Waals surface area contributed by atoms with E-state index in [-0.39, 0.29) is 24.5 Å². The summed E-state index contributed by atoms with van der Waals surface area (Å²) in [5.41, 5.74) is 2.36. The second kappa shape index (κ2) is 8.93. The van der Waals surface area contributed by atoms with Crippen LogP contribution >= 0.6 is 0 Å². The standard InChI is InChI=1S/C21H29N3O3/c1-16(18-6-4-3-5-7-18)22-21(26)24-13-12-23(20(25)15-24)14-17-8-10-19(27-2)11-9-17/h6,8-11,16H,3-5,7,12-15H2,1-2H3,(H,22,26)/t16-/m1/s1. The molecular weight excluding hydrogens is 342 g/mol. The maximum Gasteiger partial charge on any atom is 0.318 e. The van der Waals surface area contributed by atoms with Gasteiger partial charge in [0.05, 0.1) is 7.11 Å². The van der Waals surface area contributed by atoms with Crippen molar-refractivity contribution in [3.8, 4) is 5.75 Å². The van der Waals surface area contributed by atoms with Crippen LogP contribution < -0.4 is 10.1 Å². The normalized spacial score (nSPS) is 18.7. The van der Waals surface area contributed by atoms with Gasteiger partial charge in [-0.05, 0) is 50.3 Å². The molecule has 1 N–H and O–H groups in total. The molecule has 0 radical (unpaired) electrons. The van der Waals surface area contributed by atoms with Crippen molar-refractivity contribution in [2.45, 2.75) is 45.2 Å². The SMILES string of the molecule is COc1ccc(CN2CCN(C(=O)N[C@H](C)C3=CCCCC3)CC2=O)cc1. The van der Waals surface area contributed by atoms with Gasteiger partial charge in [-0.2, -0.15) is 0 Å². The molecule has 1 heterocycles. The number of ether oxygens (including phenoxy) is 1. The third kappa shape index (κ3) is 5.02. The van der Waals surface area contributed by atoms with Crippen LogP contribution in [0, 0.1) is 0 Å². The Hall–Kier alpha value is -2.50. The zero-order chi connectivity index (χ0) is 19.2. The molecule has 146 valence electrons. The summed E-state index contributed by atoms with van der Waals surface area (Å²) < 4.78 is 5.16. The topological polar surface area (TPSA) is 61.9 Å². The molecule has 1 aromatic carbocycles. The molecule has 3 rings (SSSR count). The molecule has 1 aliphatic heterocycles. The number of methoxy groups -OCH3 is 1. The molecule has 0 spiro atoms. The summed E-state index contributed by atoms with van der Waals surface area (Å²) >= 11 is 0. The van der Waals surface area contributed by atoms with Crippen molar-refractivity contribution < 1.29 is 14.3 Å². The first-order valence-electron chi connectivity index (χ1n) is 9.72. The van der Waals surface area contributed by atoms with E-state index >= 15 is 0 Å². The van der Waals surface area contributed by atoms with Gasteiger partial charge >= 0.3 is 6.03 Å². The van der Waals surface area contributed by atoms with Gasteiger partial charge in [-0.25, -0.2) is 4.79 Å². The molecule has 3 amide bonds. The number of carbonyl (C=O) groups excluding carboxylic acids is 2. The Morgan fingerprint density at radius 1 is 1.22 bits per heavy atom. The van der Waals surface area contributed by atoms with Gasteiger partial charge in [-0.1, -0.05) is 23.8 Å². The van der Waals surface area contributed by atoms with Crippen LogP contribution in [0.1, 0.15) is 38.2 Å². The number of allylic oxidation sites excluding steroid dienone is 1. The van der Waals surface area contributed by atoms with Gasteiger partial charge in [-0.15, -0.1) is 0 Å². The van der Waals surface area contributed by atoms with Crippen LogP contribution in [0.2, 0.25) is 0 Å². The van der Waals surface area contributed by atoms with E-state index in [0.29, 0.717) is 19.6 Å². The van der Waals surface area contributed by atoms with Crippen LogP contribution in [0.15, 0.2) is 35.9 Å². The minimum atomic E-state index is -0.147. The molecule has 6 nitrogen and oxygen atoms in total. The highest BCUT2D eigenvalue weighted by Gasteiger charge is 2.28. The molecule has 0 unspecified atom stereocenters. The van der Waals surface area contributed by atoms with Crippen molar-refractivity contribution in [2.24, 2.45) is 0 Å². The fourth-order valence-corrected chi connectivity index (χ4v) is 3.63. The zero-order valence-electron chi connectivity index (χ0n) is 16.2. The Labute approximate surface area is 161 Å². The van der Waals surface area contributed by atoms with E-state index in [0.717, 1.165) is 24.2 Å². The minimum Gasteiger partial charge on any atom is -0.497 e. The first-order chi connectivity index (χ1) is 13.1. The molecule has 1 atom stereocenters. The number of benzene rings is 1. The number of hydrogen-bond acceptors (Lipinski definition) is 3. The molecule has 0 saturated carbocycles. The van der Waals surface area contributed by atoms with E-state index in [1.54, 1.807) is 16.9 Å². The number of urea groups is 1. The fraction of sp³-hybridized carbons (Fsp3) is 0.524. The Morgan fingerprint density at radius 3 is 2.63 bits per heavy atom. The number of rotatable bonds is 5. The second-order valence-corrected chi connectivity index (χ2v) is 7.28. The molecule has 1 fully saturated rings. The summed E-state index contributed by atoms with van der Waals surface area (Å²) in [6, 6.07) is 7.60. The van der Waals surface area contributed by atoms with Gasteiger partial charge in [0.15, 0.2) is 0 Å². The van der Waals surface area contributed by atoms with Gasteiger partial charge in [0.1, 0.15) is 12.3 Å². The van der Waals surface area contributed by atoms with Crippen molar-refractivity contribution in [3.63, 3.8) is 0 Å². The largest absolute Gasteiger partial charge is 0.497 e. The molecule has 6 heteroatoms. The van der Waals surface area contributed by atoms with Crippen molar-refractivity contribution in [1.29, 1.82) is 0 Å². The number of hydrogen-bond donors (Lipinski definition) is 1. The van der Waals surface area contributed by atoms with E-state index < -0.39 is 0 Å². The average molecular weight is 371 g/mol. The molecule has 1 aliphatic carbocycles. The monoisotopic (exact) mass is 371 g/mol. The Bertz CT molecular complexity index is 699. The van der Waals surface area contributed by atoms with Crippen molar-refractivity contribution in [2.75, 3.05) is 26.7 Å². The third-order valence-electron chi connectivity index (χ3n) is 5.36. The zero-order valence-corrected chi connectivity index (χ0v) is 16.2. The lowest BCUT2D eigenvalue weighted by Crippen LogP contribution is -2.55. The molecule has 0 aromatic heterocycles. The van der Waals surface area contributed by atoms with Gasteiger partial charge in [-0.3, -0.25) is 4.79 Å². The summed E-state index contributed by atoms with van der Waals surface area (Å²) in [5, 5.41) is 3.05. The van der Waals surface area contributed by atoms with Gasteiger partial charge in [0.25, 0.3) is 0 Å². The maximum absolute atomic E-state index is 12.5. The van der Waals surface area contributed by atoms with E-state index in [9.17, 15) is 9.59 Å². The lowest BCUT2D eigenvalue weighted by atomic mass is 9.95. The highest BCUT2D eigenvalue weighted by atomic mass is 16.5. The molecule has 1 aromatic rings. The molecule has 2 aliphatic rings. The van der Waals surface area contributed by atoms with Crippen LogP contribution in [-0.4, -0.2) is 54.5 Å². The van der Waals surface area contributed by atoms with Gasteiger partial charge < -0.3 is 19.9 Å². The van der Waals surface area contributed by atoms with E-state index in [1.807, 2.05) is 31.2 Å². The lowest BCUT2D eigenvalue weighted by molar-refractivity contribution is -0.135. The minimum absolute atomic E-state index is 0.0169. The molecule has 27 heavy (non-hydrogen) atoms. The molecule has 0 bridgehead atoms. The highest BCUT2D eigenvalue weighted by molar-refractivity contribution is 5.85. The van der Waals surface area contributed by atoms with Gasteiger partial charge in [0.2, 0.25) is 5.91 Å². The van der Waals surface area contributed by atoms with Crippen LogP contribution in [-0.2, 0) is 11.3 Å². The van der Waals surface area contributed by atoms with E-state index in [4.69, 9.17) is 4.74 Å². The Balaban J connectivity index is 1.50.